The lowest BCUT2D eigenvalue weighted by atomic mass is 9.95. The maximum Gasteiger partial charge on any atom is 0.133 e. The smallest absolute Gasteiger partial charge is 0.133 e. The van der Waals surface area contributed by atoms with Crippen molar-refractivity contribution in [3.63, 3.8) is 0 Å². The molecule has 1 aliphatic carbocycles. The molecule has 1 aliphatic rings. The van der Waals surface area contributed by atoms with E-state index in [9.17, 15) is 9.59 Å². The summed E-state index contributed by atoms with van der Waals surface area (Å²) in [5.74, 6) is 1.89. The normalized spacial score (nSPS) is 28.1. The third kappa shape index (κ3) is 20.2. The van der Waals surface area contributed by atoms with E-state index in [4.69, 9.17) is 0 Å². The van der Waals surface area contributed by atoms with E-state index in [0.717, 1.165) is 64.2 Å². The minimum absolute atomic E-state index is 0.458. The van der Waals surface area contributed by atoms with Gasteiger partial charge in [-0.05, 0) is 76.0 Å². The Balaban J connectivity index is 2.32. The minimum Gasteiger partial charge on any atom is -0.300 e. The van der Waals surface area contributed by atoms with E-state index in [1.165, 1.54) is 77.0 Å². The van der Waals surface area contributed by atoms with Crippen molar-refractivity contribution in [1.82, 2.24) is 0 Å². The molecule has 0 N–H and O–H groups in total. The molecule has 0 heterocycles. The highest BCUT2D eigenvalue weighted by molar-refractivity contribution is 5.78. The van der Waals surface area contributed by atoms with Crippen molar-refractivity contribution < 1.29 is 9.59 Å². The third-order valence-electron chi connectivity index (χ3n) is 7.29. The highest BCUT2D eigenvalue weighted by Crippen LogP contribution is 2.17. The number of carbonyl (C=O) groups excluding carboxylic acids is 2. The Morgan fingerprint density at radius 3 is 1.21 bits per heavy atom. The lowest BCUT2D eigenvalue weighted by Crippen LogP contribution is -2.05. The van der Waals surface area contributed by atoms with Crippen molar-refractivity contribution in [3.8, 4) is 0 Å². The van der Waals surface area contributed by atoms with Crippen LogP contribution in [-0.2, 0) is 9.59 Å². The van der Waals surface area contributed by atoms with Crippen molar-refractivity contribution >= 4 is 11.6 Å². The number of rotatable bonds is 0. The molecule has 0 amide bonds. The Kier molecular flexibility index (Phi) is 20.2. The van der Waals surface area contributed by atoms with E-state index in [1.54, 1.807) is 0 Å². The first-order valence-corrected chi connectivity index (χ1v) is 14.9. The Morgan fingerprint density at radius 1 is 0.471 bits per heavy atom. The fourth-order valence-corrected chi connectivity index (χ4v) is 5.00. The number of Topliss-reactive ketones (excluding diaryl/α,β-unsaturated/α-hetero) is 2. The van der Waals surface area contributed by atoms with Crippen LogP contribution in [0.2, 0.25) is 0 Å². The van der Waals surface area contributed by atoms with Crippen LogP contribution in [-0.4, -0.2) is 11.6 Å². The molecule has 0 aromatic rings. The number of ketones is 2. The first kappa shape index (κ1) is 30.9. The molecule has 0 aromatic carbocycles. The topological polar surface area (TPSA) is 34.1 Å². The summed E-state index contributed by atoms with van der Waals surface area (Å²) in [6.07, 6.45) is 34.2. The minimum atomic E-state index is 0.458. The molecule has 34 heavy (non-hydrogen) atoms. The Bertz CT molecular complexity index is 511. The Labute approximate surface area is 212 Å². The van der Waals surface area contributed by atoms with Crippen molar-refractivity contribution in [2.75, 3.05) is 0 Å². The molecule has 0 bridgehead atoms. The highest BCUT2D eigenvalue weighted by Gasteiger charge is 2.10. The van der Waals surface area contributed by atoms with E-state index < -0.39 is 0 Å². The average molecular weight is 473 g/mol. The first-order valence-electron chi connectivity index (χ1n) is 14.9. The zero-order valence-corrected chi connectivity index (χ0v) is 22.8. The fourth-order valence-electron chi connectivity index (χ4n) is 5.00. The molecule has 0 aliphatic heterocycles. The molecule has 0 saturated heterocycles. The first-order chi connectivity index (χ1) is 16.6. The van der Waals surface area contributed by atoms with Gasteiger partial charge in [-0.15, -0.1) is 0 Å². The molecule has 0 fully saturated rings. The summed E-state index contributed by atoms with van der Waals surface area (Å²) >= 11 is 0. The summed E-state index contributed by atoms with van der Waals surface area (Å²) < 4.78 is 0. The molecule has 0 unspecified atom stereocenters. The van der Waals surface area contributed by atoms with Gasteiger partial charge in [0.05, 0.1) is 0 Å². The van der Waals surface area contributed by atoms with Crippen molar-refractivity contribution in [2.24, 2.45) is 11.8 Å². The SMILES string of the molecule is C[C@@H]1CC/C=C/CC[C@H](C)CC(=O)CCCCCCCC/C=C/CCCCCCCCC(=O)C1. The van der Waals surface area contributed by atoms with Crippen molar-refractivity contribution in [3.05, 3.63) is 24.3 Å². The van der Waals surface area contributed by atoms with Crippen LogP contribution in [0.5, 0.6) is 0 Å². The van der Waals surface area contributed by atoms with Gasteiger partial charge in [-0.2, -0.15) is 0 Å². The van der Waals surface area contributed by atoms with Crippen LogP contribution >= 0.6 is 0 Å². The summed E-state index contributed by atoms with van der Waals surface area (Å²) in [7, 11) is 0. The molecule has 0 saturated carbocycles. The quantitative estimate of drug-likeness (QED) is 0.329. The van der Waals surface area contributed by atoms with Crippen LogP contribution in [0, 0.1) is 11.8 Å². The second-order valence-electron chi connectivity index (χ2n) is 11.1. The van der Waals surface area contributed by atoms with E-state index in [1.807, 2.05) is 0 Å². The van der Waals surface area contributed by atoms with Crippen LogP contribution in [0.25, 0.3) is 0 Å². The fraction of sp³-hybridized carbons (Fsp3) is 0.812. The molecule has 2 atom stereocenters. The molecular weight excluding hydrogens is 416 g/mol. The largest absolute Gasteiger partial charge is 0.300 e. The molecule has 196 valence electrons. The van der Waals surface area contributed by atoms with Gasteiger partial charge in [-0.3, -0.25) is 9.59 Å². The van der Waals surface area contributed by atoms with E-state index >= 15 is 0 Å². The Morgan fingerprint density at radius 2 is 0.794 bits per heavy atom. The van der Waals surface area contributed by atoms with Gasteiger partial charge in [-0.25, -0.2) is 0 Å². The van der Waals surface area contributed by atoms with Crippen LogP contribution < -0.4 is 0 Å². The number of hydrogen-bond donors (Lipinski definition) is 0. The summed E-state index contributed by atoms with van der Waals surface area (Å²) in [4.78, 5) is 24.5. The van der Waals surface area contributed by atoms with Crippen LogP contribution in [0.1, 0.15) is 155 Å². The third-order valence-corrected chi connectivity index (χ3v) is 7.29. The van der Waals surface area contributed by atoms with Crippen molar-refractivity contribution in [2.45, 2.75) is 155 Å². The number of allylic oxidation sites excluding steroid dienone is 4. The van der Waals surface area contributed by atoms with Gasteiger partial charge in [-0.1, -0.05) is 89.5 Å². The van der Waals surface area contributed by atoms with Gasteiger partial charge in [0, 0.05) is 25.7 Å². The number of carbonyl (C=O) groups is 2. The van der Waals surface area contributed by atoms with Gasteiger partial charge in [0.25, 0.3) is 0 Å². The zero-order chi connectivity index (χ0) is 24.7. The lowest BCUT2D eigenvalue weighted by Gasteiger charge is -2.10. The zero-order valence-electron chi connectivity index (χ0n) is 22.8. The monoisotopic (exact) mass is 472 g/mol. The Hall–Kier alpha value is -1.18. The second kappa shape index (κ2) is 22.3. The van der Waals surface area contributed by atoms with Gasteiger partial charge >= 0.3 is 0 Å². The van der Waals surface area contributed by atoms with Crippen LogP contribution in [0.4, 0.5) is 0 Å². The molecule has 1 rings (SSSR count). The molecule has 0 radical (unpaired) electrons. The predicted molar refractivity (Wildman–Crippen MR) is 148 cm³/mol. The predicted octanol–water partition coefficient (Wildman–Crippen LogP) is 10.1. The van der Waals surface area contributed by atoms with Crippen LogP contribution in [0.15, 0.2) is 24.3 Å². The van der Waals surface area contributed by atoms with Crippen LogP contribution in [0.3, 0.4) is 0 Å². The van der Waals surface area contributed by atoms with Crippen molar-refractivity contribution in [1.29, 1.82) is 0 Å². The maximum absolute atomic E-state index is 12.3. The molecule has 2 heteroatoms. The average Bonchev–Trinajstić information content (AvgIpc) is 2.79. The lowest BCUT2D eigenvalue weighted by molar-refractivity contribution is -0.120. The van der Waals surface area contributed by atoms with Gasteiger partial charge in [0.2, 0.25) is 0 Å². The summed E-state index contributed by atoms with van der Waals surface area (Å²) in [5.41, 5.74) is 0. The second-order valence-corrected chi connectivity index (χ2v) is 11.1. The maximum atomic E-state index is 12.3. The summed E-state index contributed by atoms with van der Waals surface area (Å²) in [6.45, 7) is 4.44. The van der Waals surface area contributed by atoms with E-state index in [0.29, 0.717) is 23.4 Å². The van der Waals surface area contributed by atoms with Gasteiger partial charge < -0.3 is 0 Å². The van der Waals surface area contributed by atoms with Gasteiger partial charge in [0.1, 0.15) is 11.6 Å². The highest BCUT2D eigenvalue weighted by atomic mass is 16.1. The molecule has 0 aromatic heterocycles. The number of hydrogen-bond acceptors (Lipinski definition) is 2. The summed E-state index contributed by atoms with van der Waals surface area (Å²) in [6, 6.07) is 0. The standard InChI is InChI=1S/C32H56O2/c1-29-23-19-17-18-20-24-30(2)28-32(34)26-22-16-14-12-10-8-6-4-3-5-7-9-11-13-15-21-25-31(33)27-29/h3-4,17-18,29-30H,5-16,19-28H2,1-2H3/b4-3+,18-17+/t29-,30+. The van der Waals surface area contributed by atoms with E-state index in [-0.39, 0.29) is 0 Å². The molecular formula is C32H56O2. The molecule has 0 spiro atoms. The van der Waals surface area contributed by atoms with Gasteiger partial charge in [0.15, 0.2) is 0 Å². The molecule has 2 nitrogen and oxygen atoms in total. The van der Waals surface area contributed by atoms with E-state index in [2.05, 4.69) is 38.2 Å². The summed E-state index contributed by atoms with van der Waals surface area (Å²) in [5, 5.41) is 0.